The molecule has 7 nitrogen and oxygen atoms in total. The Hall–Kier alpha value is -3.55. The molecule has 3 rings (SSSR count). The van der Waals surface area contributed by atoms with E-state index in [1.54, 1.807) is 17.1 Å². The molecular weight excluding hydrogens is 349 g/mol. The lowest BCUT2D eigenvalue weighted by molar-refractivity contribution is -0.121. The molecule has 0 aliphatic carbocycles. The molecule has 2 aromatic carbocycles. The van der Waals surface area contributed by atoms with E-state index in [1.807, 2.05) is 24.3 Å². The maximum Gasteiger partial charge on any atom is 0.254 e. The number of hydrogen-bond donors (Lipinski definition) is 2. The van der Waals surface area contributed by atoms with E-state index in [9.17, 15) is 14.0 Å². The van der Waals surface area contributed by atoms with Crippen LogP contribution in [0, 0.1) is 5.82 Å². The van der Waals surface area contributed by atoms with E-state index in [1.165, 1.54) is 24.5 Å². The summed E-state index contributed by atoms with van der Waals surface area (Å²) in [6.07, 6.45) is 3.17. The third-order valence-corrected chi connectivity index (χ3v) is 3.87. The molecule has 138 valence electrons. The van der Waals surface area contributed by atoms with Crippen molar-refractivity contribution in [2.45, 2.75) is 13.0 Å². The molecule has 8 heteroatoms. The summed E-state index contributed by atoms with van der Waals surface area (Å²) < 4.78 is 15.1. The Morgan fingerprint density at radius 2 is 1.81 bits per heavy atom. The summed E-state index contributed by atoms with van der Waals surface area (Å²) in [6.45, 7) is 0.502. The van der Waals surface area contributed by atoms with Crippen LogP contribution in [0.25, 0.3) is 5.69 Å². The molecule has 0 bridgehead atoms. The van der Waals surface area contributed by atoms with Crippen LogP contribution in [0.5, 0.6) is 0 Å². The molecule has 3 aromatic rings. The van der Waals surface area contributed by atoms with Gasteiger partial charge in [0.05, 0.1) is 11.3 Å². The standard InChI is InChI=1S/C19H18FN5O2/c20-17-4-2-1-3-16(17)19(27)22-10-9-18(26)23-11-14-5-7-15(8-6-14)25-13-21-12-24-25/h1-8,12-13H,9-11H2,(H,22,27)(H,23,26). The number of carbonyl (C=O) groups excluding carboxylic acids is 2. The fraction of sp³-hybridized carbons (Fsp3) is 0.158. The predicted octanol–water partition coefficient (Wildman–Crippen LogP) is 1.84. The van der Waals surface area contributed by atoms with Gasteiger partial charge in [-0.2, -0.15) is 5.10 Å². The summed E-state index contributed by atoms with van der Waals surface area (Å²) in [5.74, 6) is -1.33. The minimum absolute atomic E-state index is 0.0367. The Balaban J connectivity index is 1.41. The summed E-state index contributed by atoms with van der Waals surface area (Å²) in [4.78, 5) is 27.6. The van der Waals surface area contributed by atoms with Crippen molar-refractivity contribution >= 4 is 11.8 Å². The van der Waals surface area contributed by atoms with Crippen LogP contribution in [0.15, 0.2) is 61.2 Å². The first-order chi connectivity index (χ1) is 13.1. The lowest BCUT2D eigenvalue weighted by atomic mass is 10.2. The van der Waals surface area contributed by atoms with E-state index in [-0.39, 0.29) is 24.4 Å². The van der Waals surface area contributed by atoms with Crippen molar-refractivity contribution in [3.05, 3.63) is 78.1 Å². The first-order valence-corrected chi connectivity index (χ1v) is 8.37. The van der Waals surface area contributed by atoms with Crippen molar-refractivity contribution in [3.63, 3.8) is 0 Å². The van der Waals surface area contributed by atoms with Crippen LogP contribution in [0.3, 0.4) is 0 Å². The van der Waals surface area contributed by atoms with Gasteiger partial charge in [0.2, 0.25) is 5.91 Å². The summed E-state index contributed by atoms with van der Waals surface area (Å²) >= 11 is 0. The molecule has 1 heterocycles. The zero-order chi connectivity index (χ0) is 19.1. The van der Waals surface area contributed by atoms with E-state index in [4.69, 9.17) is 0 Å². The quantitative estimate of drug-likeness (QED) is 0.667. The third-order valence-electron chi connectivity index (χ3n) is 3.87. The summed E-state index contributed by atoms with van der Waals surface area (Å²) in [7, 11) is 0. The number of benzene rings is 2. The number of nitrogens with zero attached hydrogens (tertiary/aromatic N) is 3. The van der Waals surface area contributed by atoms with Gasteiger partial charge in [-0.3, -0.25) is 9.59 Å². The Bertz CT molecular complexity index is 910. The Kier molecular flexibility index (Phi) is 5.88. The molecule has 2 amide bonds. The van der Waals surface area contributed by atoms with Gasteiger partial charge in [0.15, 0.2) is 0 Å². The molecule has 27 heavy (non-hydrogen) atoms. The fourth-order valence-corrected chi connectivity index (χ4v) is 2.43. The number of carbonyl (C=O) groups is 2. The SMILES string of the molecule is O=C(CCNC(=O)c1ccccc1F)NCc1ccc(-n2cncn2)cc1. The van der Waals surface area contributed by atoms with Gasteiger partial charge in [-0.25, -0.2) is 14.1 Å². The summed E-state index contributed by atoms with van der Waals surface area (Å²) in [5.41, 5.74) is 1.77. The molecule has 2 N–H and O–H groups in total. The molecule has 1 aromatic heterocycles. The van der Waals surface area contributed by atoms with Crippen LogP contribution in [-0.2, 0) is 11.3 Å². The van der Waals surface area contributed by atoms with Crippen LogP contribution < -0.4 is 10.6 Å². The maximum absolute atomic E-state index is 13.5. The first-order valence-electron chi connectivity index (χ1n) is 8.37. The average molecular weight is 367 g/mol. The van der Waals surface area contributed by atoms with E-state index in [2.05, 4.69) is 20.7 Å². The number of aromatic nitrogens is 3. The molecule has 0 saturated heterocycles. The minimum Gasteiger partial charge on any atom is -0.352 e. The lowest BCUT2D eigenvalue weighted by Crippen LogP contribution is -2.30. The zero-order valence-corrected chi connectivity index (χ0v) is 14.4. The molecule has 0 saturated carbocycles. The topological polar surface area (TPSA) is 88.9 Å². The molecule has 0 aliphatic rings. The highest BCUT2D eigenvalue weighted by Gasteiger charge is 2.10. The van der Waals surface area contributed by atoms with Crippen molar-refractivity contribution in [2.24, 2.45) is 0 Å². The van der Waals surface area contributed by atoms with Gasteiger partial charge in [-0.05, 0) is 29.8 Å². The molecule has 0 aliphatic heterocycles. The van der Waals surface area contributed by atoms with Crippen molar-refractivity contribution < 1.29 is 14.0 Å². The third kappa shape index (κ3) is 4.97. The molecule has 0 fully saturated rings. The Morgan fingerprint density at radius 1 is 1.04 bits per heavy atom. The molecule has 0 atom stereocenters. The second-order valence-electron chi connectivity index (χ2n) is 5.77. The lowest BCUT2D eigenvalue weighted by Gasteiger charge is -2.08. The van der Waals surface area contributed by atoms with Crippen molar-refractivity contribution in [3.8, 4) is 5.69 Å². The monoisotopic (exact) mass is 367 g/mol. The van der Waals surface area contributed by atoms with E-state index in [0.717, 1.165) is 11.3 Å². The zero-order valence-electron chi connectivity index (χ0n) is 14.4. The number of halogens is 1. The van der Waals surface area contributed by atoms with Gasteiger partial charge in [-0.1, -0.05) is 24.3 Å². The predicted molar refractivity (Wildman–Crippen MR) is 96.6 cm³/mol. The van der Waals surface area contributed by atoms with E-state index in [0.29, 0.717) is 6.54 Å². The van der Waals surface area contributed by atoms with Gasteiger partial charge in [0.1, 0.15) is 18.5 Å². The normalized spacial score (nSPS) is 10.4. The summed E-state index contributed by atoms with van der Waals surface area (Å²) in [6, 6.07) is 13.2. The van der Waals surface area contributed by atoms with Crippen LogP contribution in [0.2, 0.25) is 0 Å². The minimum atomic E-state index is -0.589. The summed E-state index contributed by atoms with van der Waals surface area (Å²) in [5, 5.41) is 9.36. The van der Waals surface area contributed by atoms with Gasteiger partial charge in [0.25, 0.3) is 5.91 Å². The smallest absolute Gasteiger partial charge is 0.254 e. The van der Waals surface area contributed by atoms with Gasteiger partial charge in [0, 0.05) is 19.5 Å². The van der Waals surface area contributed by atoms with Crippen molar-refractivity contribution in [1.29, 1.82) is 0 Å². The van der Waals surface area contributed by atoms with Gasteiger partial charge >= 0.3 is 0 Å². The van der Waals surface area contributed by atoms with Gasteiger partial charge < -0.3 is 10.6 Å². The van der Waals surface area contributed by atoms with Crippen LogP contribution in [-0.4, -0.2) is 33.1 Å². The second-order valence-corrected chi connectivity index (χ2v) is 5.77. The molecule has 0 unspecified atom stereocenters. The number of nitrogens with one attached hydrogen (secondary N) is 2. The number of amides is 2. The van der Waals surface area contributed by atoms with Gasteiger partial charge in [-0.15, -0.1) is 0 Å². The maximum atomic E-state index is 13.5. The van der Waals surface area contributed by atoms with Crippen LogP contribution >= 0.6 is 0 Å². The highest BCUT2D eigenvalue weighted by molar-refractivity contribution is 5.94. The molecule has 0 spiro atoms. The average Bonchev–Trinajstić information content (AvgIpc) is 3.22. The highest BCUT2D eigenvalue weighted by Crippen LogP contribution is 2.08. The Morgan fingerprint density at radius 3 is 2.52 bits per heavy atom. The van der Waals surface area contributed by atoms with Crippen molar-refractivity contribution in [2.75, 3.05) is 6.54 Å². The Labute approximate surface area is 155 Å². The first kappa shape index (κ1) is 18.2. The molecular formula is C19H18FN5O2. The largest absolute Gasteiger partial charge is 0.352 e. The second kappa shape index (κ2) is 8.70. The molecule has 0 radical (unpaired) electrons. The fourth-order valence-electron chi connectivity index (χ4n) is 2.43. The van der Waals surface area contributed by atoms with E-state index >= 15 is 0 Å². The number of rotatable bonds is 7. The highest BCUT2D eigenvalue weighted by atomic mass is 19.1. The van der Waals surface area contributed by atoms with Crippen LogP contribution in [0.4, 0.5) is 4.39 Å². The number of hydrogen-bond acceptors (Lipinski definition) is 4. The van der Waals surface area contributed by atoms with Crippen LogP contribution in [0.1, 0.15) is 22.3 Å². The van der Waals surface area contributed by atoms with E-state index < -0.39 is 11.7 Å². The van der Waals surface area contributed by atoms with Crippen molar-refractivity contribution in [1.82, 2.24) is 25.4 Å².